The van der Waals surface area contributed by atoms with Crippen LogP contribution in [0.5, 0.6) is 17.2 Å². The van der Waals surface area contributed by atoms with Crippen molar-refractivity contribution < 1.29 is 24.1 Å². The van der Waals surface area contributed by atoms with Gasteiger partial charge in [-0.3, -0.25) is 9.69 Å². The number of rotatable bonds is 9. The summed E-state index contributed by atoms with van der Waals surface area (Å²) >= 11 is 0. The van der Waals surface area contributed by atoms with Gasteiger partial charge in [-0.2, -0.15) is 0 Å². The summed E-state index contributed by atoms with van der Waals surface area (Å²) in [4.78, 5) is 14.1. The average Bonchev–Trinajstić information content (AvgIpc) is 3.34. The highest BCUT2D eigenvalue weighted by Crippen LogP contribution is 2.43. The standard InChI is InChI=1S/C27H29NO5/c1-31-20-14-15-22(25(17-20)32-2)26(28-16-8-12-23(28)27(29)30)21-11-6-7-13-24(21)33-18-19-9-4-3-5-10-19/h3-7,9-11,13-15,17,23,26H,8,12,16,18H2,1-2H3,(H,29,30). The second kappa shape index (κ2) is 10.4. The van der Waals surface area contributed by atoms with Crippen molar-refractivity contribution in [1.29, 1.82) is 0 Å². The summed E-state index contributed by atoms with van der Waals surface area (Å²) in [7, 11) is 3.23. The molecule has 1 fully saturated rings. The molecule has 1 saturated heterocycles. The molecule has 0 aromatic heterocycles. The first-order valence-corrected chi connectivity index (χ1v) is 11.1. The van der Waals surface area contributed by atoms with Crippen LogP contribution in [0.4, 0.5) is 0 Å². The second-order valence-corrected chi connectivity index (χ2v) is 8.06. The van der Waals surface area contributed by atoms with Gasteiger partial charge >= 0.3 is 5.97 Å². The van der Waals surface area contributed by atoms with Crippen LogP contribution in [0, 0.1) is 0 Å². The smallest absolute Gasteiger partial charge is 0.320 e. The Morgan fingerprint density at radius 2 is 1.70 bits per heavy atom. The van der Waals surface area contributed by atoms with Crippen LogP contribution in [-0.2, 0) is 11.4 Å². The highest BCUT2D eigenvalue weighted by atomic mass is 16.5. The molecule has 3 aromatic carbocycles. The topological polar surface area (TPSA) is 68.2 Å². The van der Waals surface area contributed by atoms with E-state index >= 15 is 0 Å². The molecule has 2 atom stereocenters. The molecule has 0 saturated carbocycles. The summed E-state index contributed by atoms with van der Waals surface area (Å²) in [6, 6.07) is 22.6. The van der Waals surface area contributed by atoms with Crippen LogP contribution in [0.15, 0.2) is 72.8 Å². The number of para-hydroxylation sites is 1. The molecule has 3 aromatic rings. The van der Waals surface area contributed by atoms with E-state index in [1.54, 1.807) is 14.2 Å². The molecule has 1 aliphatic rings. The maximum atomic E-state index is 12.1. The van der Waals surface area contributed by atoms with Crippen molar-refractivity contribution in [2.75, 3.05) is 20.8 Å². The molecule has 0 aliphatic carbocycles. The van der Waals surface area contributed by atoms with Crippen molar-refractivity contribution in [3.63, 3.8) is 0 Å². The van der Waals surface area contributed by atoms with Gasteiger partial charge in [0.2, 0.25) is 0 Å². The first-order chi connectivity index (χ1) is 16.1. The van der Waals surface area contributed by atoms with Gasteiger partial charge in [0.1, 0.15) is 29.9 Å². The lowest BCUT2D eigenvalue weighted by atomic mass is 9.94. The second-order valence-electron chi connectivity index (χ2n) is 8.06. The van der Waals surface area contributed by atoms with Gasteiger partial charge in [-0.25, -0.2) is 0 Å². The Labute approximate surface area is 194 Å². The van der Waals surface area contributed by atoms with Crippen molar-refractivity contribution in [3.8, 4) is 17.2 Å². The fourth-order valence-corrected chi connectivity index (χ4v) is 4.51. The van der Waals surface area contributed by atoms with Gasteiger partial charge in [-0.1, -0.05) is 48.5 Å². The number of hydrogen-bond donors (Lipinski definition) is 1. The van der Waals surface area contributed by atoms with Crippen molar-refractivity contribution in [3.05, 3.63) is 89.5 Å². The minimum absolute atomic E-state index is 0.346. The summed E-state index contributed by atoms with van der Waals surface area (Å²) in [5, 5.41) is 9.93. The van der Waals surface area contributed by atoms with Gasteiger partial charge in [-0.05, 0) is 36.6 Å². The molecule has 172 valence electrons. The molecule has 0 bridgehead atoms. The quantitative estimate of drug-likeness (QED) is 0.502. The Balaban J connectivity index is 1.79. The third-order valence-electron chi connectivity index (χ3n) is 6.10. The Morgan fingerprint density at radius 3 is 2.42 bits per heavy atom. The summed E-state index contributed by atoms with van der Waals surface area (Å²) in [5.74, 6) is 1.24. The molecule has 33 heavy (non-hydrogen) atoms. The highest BCUT2D eigenvalue weighted by molar-refractivity contribution is 5.74. The number of methoxy groups -OCH3 is 2. The molecular formula is C27H29NO5. The lowest BCUT2D eigenvalue weighted by Crippen LogP contribution is -2.39. The first kappa shape index (κ1) is 22.7. The average molecular weight is 448 g/mol. The van der Waals surface area contributed by atoms with Gasteiger partial charge in [-0.15, -0.1) is 0 Å². The zero-order valence-electron chi connectivity index (χ0n) is 18.9. The summed E-state index contributed by atoms with van der Waals surface area (Å²) < 4.78 is 17.4. The van der Waals surface area contributed by atoms with E-state index in [-0.39, 0.29) is 6.04 Å². The van der Waals surface area contributed by atoms with Gasteiger partial charge in [0.05, 0.1) is 20.3 Å². The number of hydrogen-bond acceptors (Lipinski definition) is 5. The highest BCUT2D eigenvalue weighted by Gasteiger charge is 2.39. The molecule has 1 aliphatic heterocycles. The maximum absolute atomic E-state index is 12.1. The molecule has 0 amide bonds. The molecular weight excluding hydrogens is 418 g/mol. The van der Waals surface area contributed by atoms with E-state index in [0.29, 0.717) is 31.1 Å². The van der Waals surface area contributed by atoms with Crippen LogP contribution in [0.25, 0.3) is 0 Å². The SMILES string of the molecule is COc1ccc(C(c2ccccc2OCc2ccccc2)N2CCCC2C(=O)O)c(OC)c1. The van der Waals surface area contributed by atoms with E-state index in [2.05, 4.69) is 0 Å². The van der Waals surface area contributed by atoms with Gasteiger partial charge in [0.25, 0.3) is 0 Å². The van der Waals surface area contributed by atoms with Gasteiger partial charge < -0.3 is 19.3 Å². The molecule has 1 heterocycles. The normalized spacial score (nSPS) is 16.8. The zero-order valence-corrected chi connectivity index (χ0v) is 18.9. The monoisotopic (exact) mass is 447 g/mol. The van der Waals surface area contributed by atoms with Crippen molar-refractivity contribution in [2.45, 2.75) is 31.5 Å². The molecule has 6 nitrogen and oxygen atoms in total. The third-order valence-corrected chi connectivity index (χ3v) is 6.10. The number of carboxylic acids is 1. The lowest BCUT2D eigenvalue weighted by molar-refractivity contribution is -0.142. The third kappa shape index (κ3) is 4.96. The van der Waals surface area contributed by atoms with Gasteiger partial charge in [0.15, 0.2) is 0 Å². The Morgan fingerprint density at radius 1 is 0.970 bits per heavy atom. The summed E-state index contributed by atoms with van der Waals surface area (Å²) in [6.45, 7) is 1.09. The lowest BCUT2D eigenvalue weighted by Gasteiger charge is -2.33. The van der Waals surface area contributed by atoms with Crippen molar-refractivity contribution in [2.24, 2.45) is 0 Å². The van der Waals surface area contributed by atoms with Gasteiger partial charge in [0, 0.05) is 23.7 Å². The number of carbonyl (C=O) groups is 1. The maximum Gasteiger partial charge on any atom is 0.320 e. The minimum atomic E-state index is -0.812. The number of ether oxygens (including phenoxy) is 3. The summed E-state index contributed by atoms with van der Waals surface area (Å²) in [5.41, 5.74) is 2.85. The molecule has 6 heteroatoms. The fraction of sp³-hybridized carbons (Fsp3) is 0.296. The van der Waals surface area contributed by atoms with E-state index in [9.17, 15) is 9.90 Å². The number of nitrogens with zero attached hydrogens (tertiary/aromatic N) is 1. The van der Waals surface area contributed by atoms with E-state index < -0.39 is 12.0 Å². The molecule has 2 unspecified atom stereocenters. The minimum Gasteiger partial charge on any atom is -0.497 e. The predicted octanol–water partition coefficient (Wildman–Crippen LogP) is 4.92. The van der Waals surface area contributed by atoms with E-state index in [1.807, 2.05) is 77.7 Å². The Hall–Kier alpha value is -3.51. The largest absolute Gasteiger partial charge is 0.497 e. The summed E-state index contributed by atoms with van der Waals surface area (Å²) in [6.07, 6.45) is 1.43. The number of carboxylic acid groups (broad SMARTS) is 1. The zero-order chi connectivity index (χ0) is 23.2. The fourth-order valence-electron chi connectivity index (χ4n) is 4.51. The first-order valence-electron chi connectivity index (χ1n) is 11.1. The van der Waals surface area contributed by atoms with Crippen LogP contribution in [0.1, 0.15) is 35.6 Å². The van der Waals surface area contributed by atoms with Crippen LogP contribution in [-0.4, -0.2) is 42.8 Å². The van der Waals surface area contributed by atoms with Crippen molar-refractivity contribution >= 4 is 5.97 Å². The Kier molecular flexibility index (Phi) is 7.15. The van der Waals surface area contributed by atoms with E-state index in [4.69, 9.17) is 14.2 Å². The molecule has 4 rings (SSSR count). The molecule has 1 N–H and O–H groups in total. The van der Waals surface area contributed by atoms with E-state index in [1.165, 1.54) is 0 Å². The number of aliphatic carboxylic acids is 1. The molecule has 0 radical (unpaired) electrons. The molecule has 0 spiro atoms. The van der Waals surface area contributed by atoms with Crippen LogP contribution in [0.2, 0.25) is 0 Å². The predicted molar refractivity (Wildman–Crippen MR) is 126 cm³/mol. The number of likely N-dealkylation sites (tertiary alicyclic amines) is 1. The van der Waals surface area contributed by atoms with Crippen LogP contribution in [0.3, 0.4) is 0 Å². The van der Waals surface area contributed by atoms with Crippen molar-refractivity contribution in [1.82, 2.24) is 4.90 Å². The van der Waals surface area contributed by atoms with Crippen LogP contribution < -0.4 is 14.2 Å². The Bertz CT molecular complexity index is 1080. The number of benzene rings is 3. The van der Waals surface area contributed by atoms with E-state index in [0.717, 1.165) is 28.9 Å². The van der Waals surface area contributed by atoms with Crippen LogP contribution >= 0.6 is 0 Å².